The fourth-order valence-electron chi connectivity index (χ4n) is 1.05. The van der Waals surface area contributed by atoms with Crippen LogP contribution in [0.1, 0.15) is 0 Å². The first-order valence-corrected chi connectivity index (χ1v) is 3.43. The highest BCUT2D eigenvalue weighted by Gasteiger charge is 2.20. The van der Waals surface area contributed by atoms with Crippen molar-refractivity contribution in [3.05, 3.63) is 0 Å². The van der Waals surface area contributed by atoms with Crippen LogP contribution in [-0.4, -0.2) is 59.9 Å². The standard InChI is InChI=1S/C5H9B3N2/c6-5(7,8)10-3-1-9-2-4-10/h9H,1-4H2. The van der Waals surface area contributed by atoms with Crippen LogP contribution in [0.3, 0.4) is 0 Å². The molecule has 1 aliphatic rings. The average Bonchev–Trinajstić information content (AvgIpc) is 1.88. The molecule has 0 amide bonds. The van der Waals surface area contributed by atoms with E-state index in [1.54, 1.807) is 0 Å². The molecule has 0 saturated carbocycles. The Kier molecular flexibility index (Phi) is 2.47. The van der Waals surface area contributed by atoms with E-state index in [0.29, 0.717) is 0 Å². The van der Waals surface area contributed by atoms with Crippen molar-refractivity contribution in [2.24, 2.45) is 0 Å². The van der Waals surface area contributed by atoms with Crippen LogP contribution in [0.5, 0.6) is 0 Å². The van der Waals surface area contributed by atoms with Crippen LogP contribution in [0.4, 0.5) is 0 Å². The summed E-state index contributed by atoms with van der Waals surface area (Å²) in [4.78, 5) is 1.85. The third kappa shape index (κ3) is 2.06. The Labute approximate surface area is 66.0 Å². The summed E-state index contributed by atoms with van der Waals surface area (Å²) >= 11 is 0. The minimum Gasteiger partial charge on any atom is -0.320 e. The Balaban J connectivity index is 2.39. The maximum Gasteiger partial charge on any atom is 0.0698 e. The zero-order valence-electron chi connectivity index (χ0n) is 6.01. The van der Waals surface area contributed by atoms with Gasteiger partial charge >= 0.3 is 0 Å². The Morgan fingerprint density at radius 2 is 1.60 bits per heavy atom. The second-order valence-corrected chi connectivity index (χ2v) is 2.62. The normalized spacial score (nSPS) is 22.8. The number of nitrogens with zero attached hydrogens (tertiary/aromatic N) is 1. The Morgan fingerprint density at radius 3 is 1.90 bits per heavy atom. The molecule has 1 rings (SSSR count). The second-order valence-electron chi connectivity index (χ2n) is 2.62. The second kappa shape index (κ2) is 3.01. The van der Waals surface area contributed by atoms with Gasteiger partial charge in [0.1, 0.15) is 0 Å². The van der Waals surface area contributed by atoms with Crippen LogP contribution in [0.2, 0.25) is 0 Å². The maximum absolute atomic E-state index is 5.46. The monoisotopic (exact) mass is 130 g/mol. The van der Waals surface area contributed by atoms with Gasteiger partial charge in [0, 0.05) is 26.2 Å². The number of hydrogen-bond donors (Lipinski definition) is 1. The van der Waals surface area contributed by atoms with Gasteiger partial charge in [0.25, 0.3) is 0 Å². The van der Waals surface area contributed by atoms with Crippen LogP contribution >= 0.6 is 0 Å². The summed E-state index contributed by atoms with van der Waals surface area (Å²) in [6, 6.07) is 0. The van der Waals surface area contributed by atoms with Gasteiger partial charge in [-0.1, -0.05) is 5.24 Å². The molecule has 0 aromatic carbocycles. The van der Waals surface area contributed by atoms with E-state index in [1.807, 2.05) is 4.90 Å². The predicted octanol–water partition coefficient (Wildman–Crippen LogP) is -1.99. The van der Waals surface area contributed by atoms with Crippen LogP contribution in [0.15, 0.2) is 0 Å². The highest BCUT2D eigenvalue weighted by Crippen LogP contribution is 2.02. The predicted molar refractivity (Wildman–Crippen MR) is 44.4 cm³/mol. The molecule has 10 heavy (non-hydrogen) atoms. The first-order valence-electron chi connectivity index (χ1n) is 3.43. The van der Waals surface area contributed by atoms with E-state index in [2.05, 4.69) is 5.32 Å². The Hall–Kier alpha value is 0.115. The molecule has 2 nitrogen and oxygen atoms in total. The first-order chi connectivity index (χ1) is 4.61. The van der Waals surface area contributed by atoms with Crippen molar-refractivity contribution in [1.29, 1.82) is 0 Å². The SMILES string of the molecule is [B]C([B])([B])N1CCNCC1. The highest BCUT2D eigenvalue weighted by molar-refractivity contribution is 6.59. The van der Waals surface area contributed by atoms with E-state index in [-0.39, 0.29) is 0 Å². The van der Waals surface area contributed by atoms with Crippen LogP contribution < -0.4 is 5.32 Å². The van der Waals surface area contributed by atoms with Gasteiger partial charge in [-0.2, -0.15) is 0 Å². The zero-order valence-corrected chi connectivity index (χ0v) is 6.01. The number of piperazine rings is 1. The molecule has 1 fully saturated rings. The lowest BCUT2D eigenvalue weighted by atomic mass is 9.48. The lowest BCUT2D eigenvalue weighted by Gasteiger charge is -2.40. The molecule has 0 spiro atoms. The molecule has 0 atom stereocenters. The van der Waals surface area contributed by atoms with Crippen molar-refractivity contribution in [2.75, 3.05) is 26.2 Å². The molecular weight excluding hydrogens is 121 g/mol. The van der Waals surface area contributed by atoms with Crippen LogP contribution in [0.25, 0.3) is 0 Å². The lowest BCUT2D eigenvalue weighted by molar-refractivity contribution is 0.240. The molecule has 1 heterocycles. The van der Waals surface area contributed by atoms with E-state index >= 15 is 0 Å². The quantitative estimate of drug-likeness (QED) is 0.413. The fraction of sp³-hybridized carbons (Fsp3) is 1.00. The summed E-state index contributed by atoms with van der Waals surface area (Å²) in [7, 11) is 16.4. The van der Waals surface area contributed by atoms with Gasteiger partial charge < -0.3 is 10.2 Å². The molecule has 6 radical (unpaired) electrons. The number of hydrogen-bond acceptors (Lipinski definition) is 2. The third-order valence-electron chi connectivity index (χ3n) is 1.66. The summed E-state index contributed by atoms with van der Waals surface area (Å²) < 4.78 is 0. The lowest BCUT2D eigenvalue weighted by Crippen LogP contribution is -2.57. The molecule has 0 aliphatic carbocycles. The molecule has 0 bridgehead atoms. The van der Waals surface area contributed by atoms with Gasteiger partial charge in [-0.05, 0) is 0 Å². The summed E-state index contributed by atoms with van der Waals surface area (Å²) in [5, 5.41) is 2.04. The van der Waals surface area contributed by atoms with E-state index in [4.69, 9.17) is 23.5 Å². The molecule has 48 valence electrons. The Bertz CT molecular complexity index is 106. The van der Waals surface area contributed by atoms with E-state index in [1.165, 1.54) is 0 Å². The summed E-state index contributed by atoms with van der Waals surface area (Å²) in [5.74, 6) is 0. The van der Waals surface area contributed by atoms with E-state index in [9.17, 15) is 0 Å². The van der Waals surface area contributed by atoms with Crippen molar-refractivity contribution in [1.82, 2.24) is 10.2 Å². The third-order valence-corrected chi connectivity index (χ3v) is 1.66. The summed E-state index contributed by atoms with van der Waals surface area (Å²) in [6.45, 7) is 3.47. The van der Waals surface area contributed by atoms with Gasteiger partial charge in [0.2, 0.25) is 0 Å². The molecule has 0 aromatic rings. The smallest absolute Gasteiger partial charge is 0.0698 e. The van der Waals surface area contributed by atoms with Crippen molar-refractivity contribution in [3.63, 3.8) is 0 Å². The Morgan fingerprint density at radius 1 is 1.10 bits per heavy atom. The van der Waals surface area contributed by atoms with Gasteiger partial charge in [0.05, 0.1) is 23.5 Å². The zero-order chi connectivity index (χ0) is 7.61. The van der Waals surface area contributed by atoms with Gasteiger partial charge in [-0.15, -0.1) is 0 Å². The molecule has 1 N–H and O–H groups in total. The first kappa shape index (κ1) is 8.21. The minimum atomic E-state index is -1.14. The summed E-state index contributed by atoms with van der Waals surface area (Å²) in [6.07, 6.45) is 0. The van der Waals surface area contributed by atoms with Crippen molar-refractivity contribution in [2.45, 2.75) is 5.24 Å². The largest absolute Gasteiger partial charge is 0.320 e. The number of nitrogens with one attached hydrogen (secondary N) is 1. The maximum atomic E-state index is 5.46. The van der Waals surface area contributed by atoms with Crippen molar-refractivity contribution in [3.8, 4) is 0 Å². The molecule has 1 saturated heterocycles. The molecule has 1 aliphatic heterocycles. The van der Waals surface area contributed by atoms with Crippen molar-refractivity contribution < 1.29 is 0 Å². The van der Waals surface area contributed by atoms with Gasteiger partial charge in [-0.3, -0.25) is 0 Å². The molecule has 0 unspecified atom stereocenters. The minimum absolute atomic E-state index is 0.823. The highest BCUT2D eigenvalue weighted by atomic mass is 15.2. The average molecular weight is 130 g/mol. The molecule has 0 aromatic heterocycles. The van der Waals surface area contributed by atoms with Gasteiger partial charge in [-0.25, -0.2) is 0 Å². The molecule has 5 heteroatoms. The summed E-state index contributed by atoms with van der Waals surface area (Å²) in [5.41, 5.74) is 0. The number of rotatable bonds is 1. The van der Waals surface area contributed by atoms with E-state index in [0.717, 1.165) is 26.2 Å². The molecular formula is C5H9B3N2. The topological polar surface area (TPSA) is 15.3 Å². The van der Waals surface area contributed by atoms with Crippen LogP contribution in [0, 0.1) is 0 Å². The fourth-order valence-corrected chi connectivity index (χ4v) is 1.05. The van der Waals surface area contributed by atoms with Crippen LogP contribution in [-0.2, 0) is 0 Å². The van der Waals surface area contributed by atoms with Crippen molar-refractivity contribution >= 4 is 23.5 Å². The van der Waals surface area contributed by atoms with Gasteiger partial charge in [0.15, 0.2) is 0 Å². The van der Waals surface area contributed by atoms with E-state index < -0.39 is 5.24 Å².